The third-order valence-electron chi connectivity index (χ3n) is 4.93. The highest BCUT2D eigenvalue weighted by atomic mass is 16.4. The molecule has 29 heavy (non-hydrogen) atoms. The third-order valence-corrected chi connectivity index (χ3v) is 4.93. The Bertz CT molecular complexity index is 1220. The lowest BCUT2D eigenvalue weighted by Gasteiger charge is -2.08. The summed E-state index contributed by atoms with van der Waals surface area (Å²) < 4.78 is 2.14. The molecule has 3 aromatic carbocycles. The second kappa shape index (κ2) is 7.52. The zero-order chi connectivity index (χ0) is 20.4. The summed E-state index contributed by atoms with van der Waals surface area (Å²) in [7, 11) is 0. The number of hydrogen-bond acceptors (Lipinski definition) is 3. The lowest BCUT2D eigenvalue weighted by molar-refractivity contribution is 0.0697. The van der Waals surface area contributed by atoms with Gasteiger partial charge in [0.25, 0.3) is 0 Å². The number of carboxylic acids is 1. The predicted molar refractivity (Wildman–Crippen MR) is 112 cm³/mol. The van der Waals surface area contributed by atoms with Gasteiger partial charge in [0, 0.05) is 29.2 Å². The van der Waals surface area contributed by atoms with Crippen LogP contribution in [-0.2, 0) is 6.54 Å². The lowest BCUT2D eigenvalue weighted by atomic mass is 10.0. The summed E-state index contributed by atoms with van der Waals surface area (Å²) in [5, 5.41) is 20.9. The van der Waals surface area contributed by atoms with Crippen LogP contribution in [0.5, 0.6) is 0 Å². The minimum Gasteiger partial charge on any atom is -0.478 e. The minimum absolute atomic E-state index is 0.0494. The molecule has 0 saturated carbocycles. The molecule has 4 rings (SSSR count). The van der Waals surface area contributed by atoms with Crippen molar-refractivity contribution >= 4 is 22.7 Å². The molecule has 0 atom stereocenters. The number of hydrogen-bond donors (Lipinski definition) is 3. The second-order valence-corrected chi connectivity index (χ2v) is 6.76. The highest BCUT2D eigenvalue weighted by Crippen LogP contribution is 2.23. The maximum atomic E-state index is 11.0. The summed E-state index contributed by atoms with van der Waals surface area (Å²) in [6.45, 7) is 0.710. The highest BCUT2D eigenvalue weighted by Gasteiger charge is 2.07. The molecule has 6 heteroatoms. The number of benzene rings is 3. The molecule has 0 amide bonds. The molecule has 0 bridgehead atoms. The first-order valence-electron chi connectivity index (χ1n) is 9.03. The van der Waals surface area contributed by atoms with E-state index in [9.17, 15) is 4.79 Å². The van der Waals surface area contributed by atoms with E-state index in [0.717, 1.165) is 27.6 Å². The van der Waals surface area contributed by atoms with Crippen LogP contribution >= 0.6 is 0 Å². The van der Waals surface area contributed by atoms with Crippen molar-refractivity contribution in [2.24, 2.45) is 5.11 Å². The van der Waals surface area contributed by atoms with Crippen molar-refractivity contribution in [1.29, 1.82) is 10.9 Å². The topological polar surface area (TPSA) is 102 Å². The number of carboxylic acid groups (broad SMARTS) is 1. The lowest BCUT2D eigenvalue weighted by Crippen LogP contribution is -1.98. The van der Waals surface area contributed by atoms with Gasteiger partial charge in [-0.25, -0.2) is 10.3 Å². The van der Waals surface area contributed by atoms with Gasteiger partial charge in [0.15, 0.2) is 5.84 Å². The van der Waals surface area contributed by atoms with Gasteiger partial charge in [0.2, 0.25) is 0 Å². The molecule has 0 fully saturated rings. The van der Waals surface area contributed by atoms with Gasteiger partial charge in [-0.1, -0.05) is 36.4 Å². The monoisotopic (exact) mass is 382 g/mol. The molecule has 0 radical (unpaired) electrons. The van der Waals surface area contributed by atoms with Crippen molar-refractivity contribution in [3.05, 3.63) is 95.7 Å². The van der Waals surface area contributed by atoms with Crippen molar-refractivity contribution in [3.8, 4) is 11.1 Å². The summed E-state index contributed by atoms with van der Waals surface area (Å²) >= 11 is 0. The van der Waals surface area contributed by atoms with Crippen molar-refractivity contribution in [3.63, 3.8) is 0 Å². The van der Waals surface area contributed by atoms with Crippen molar-refractivity contribution in [2.75, 3.05) is 0 Å². The van der Waals surface area contributed by atoms with Crippen LogP contribution in [0.3, 0.4) is 0 Å². The molecule has 0 aliphatic rings. The summed E-state index contributed by atoms with van der Waals surface area (Å²) in [5.41, 5.74) is 12.1. The summed E-state index contributed by atoms with van der Waals surface area (Å²) in [5.74, 6) is -0.976. The molecule has 0 spiro atoms. The Labute approximate surface area is 167 Å². The summed E-state index contributed by atoms with van der Waals surface area (Å²) in [6, 6.07) is 22.7. The molecule has 3 N–H and O–H groups in total. The Hall–Kier alpha value is -4.06. The van der Waals surface area contributed by atoms with Crippen LogP contribution in [0.15, 0.2) is 84.1 Å². The minimum atomic E-state index is -0.927. The average molecular weight is 382 g/mol. The SMILES string of the molecule is N=NC(=N)c1ccc2c(ccn2Cc2ccc(-c3ccc(C(=O)O)cc3)cc2)c1. The highest BCUT2D eigenvalue weighted by molar-refractivity contribution is 5.99. The molecule has 0 saturated heterocycles. The fourth-order valence-electron chi connectivity index (χ4n) is 3.35. The molecule has 1 heterocycles. The van der Waals surface area contributed by atoms with Crippen molar-refractivity contribution in [1.82, 2.24) is 4.57 Å². The second-order valence-electron chi connectivity index (χ2n) is 6.76. The van der Waals surface area contributed by atoms with E-state index in [1.165, 1.54) is 0 Å². The van der Waals surface area contributed by atoms with E-state index >= 15 is 0 Å². The van der Waals surface area contributed by atoms with Crippen LogP contribution in [-0.4, -0.2) is 21.5 Å². The fourth-order valence-corrected chi connectivity index (χ4v) is 3.35. The molecule has 4 aromatic rings. The number of aromatic nitrogens is 1. The molecule has 142 valence electrons. The normalized spacial score (nSPS) is 10.8. The van der Waals surface area contributed by atoms with Gasteiger partial charge in [-0.05, 0) is 53.1 Å². The number of carbonyl (C=O) groups is 1. The Morgan fingerprint density at radius 1 is 0.897 bits per heavy atom. The molecule has 6 nitrogen and oxygen atoms in total. The van der Waals surface area contributed by atoms with Crippen LogP contribution in [0.25, 0.3) is 22.0 Å². The molecular weight excluding hydrogens is 364 g/mol. The number of amidine groups is 1. The van der Waals surface area contributed by atoms with Crippen LogP contribution < -0.4 is 0 Å². The molecule has 0 aliphatic carbocycles. The van der Waals surface area contributed by atoms with Gasteiger partial charge < -0.3 is 9.67 Å². The van der Waals surface area contributed by atoms with E-state index in [2.05, 4.69) is 21.8 Å². The van der Waals surface area contributed by atoms with Gasteiger partial charge in [0.1, 0.15) is 0 Å². The fraction of sp³-hybridized carbons (Fsp3) is 0.0435. The maximum absolute atomic E-state index is 11.0. The smallest absolute Gasteiger partial charge is 0.335 e. The first kappa shape index (κ1) is 18.3. The Balaban J connectivity index is 1.55. The largest absolute Gasteiger partial charge is 0.478 e. The summed E-state index contributed by atoms with van der Waals surface area (Å²) in [6.07, 6.45) is 2.01. The van der Waals surface area contributed by atoms with E-state index in [-0.39, 0.29) is 11.4 Å². The Morgan fingerprint density at radius 2 is 1.52 bits per heavy atom. The molecule has 0 unspecified atom stereocenters. The number of aromatic carboxylic acids is 1. The van der Waals surface area contributed by atoms with E-state index < -0.39 is 5.97 Å². The van der Waals surface area contributed by atoms with Crippen molar-refractivity contribution in [2.45, 2.75) is 6.54 Å². The van der Waals surface area contributed by atoms with Crippen molar-refractivity contribution < 1.29 is 9.90 Å². The predicted octanol–water partition coefficient (Wildman–Crippen LogP) is 5.41. The number of nitrogens with zero attached hydrogens (tertiary/aromatic N) is 2. The van der Waals surface area contributed by atoms with Gasteiger partial charge in [-0.3, -0.25) is 5.41 Å². The quantitative estimate of drug-likeness (QED) is 0.244. The summed E-state index contributed by atoms with van der Waals surface area (Å²) in [4.78, 5) is 11.0. The van der Waals surface area contributed by atoms with Gasteiger partial charge in [-0.15, -0.1) is 5.11 Å². The number of fused-ring (bicyclic) bond motifs is 1. The maximum Gasteiger partial charge on any atom is 0.335 e. The average Bonchev–Trinajstić information content (AvgIpc) is 3.15. The standard InChI is InChI=1S/C23H18N4O2/c24-22(26-25)20-9-10-21-19(13-20)11-12-27(21)14-15-1-3-16(4-2-15)17-5-7-18(8-6-17)23(28)29/h1-13,24-25H,14H2,(H,28,29). The van der Waals surface area contributed by atoms with Gasteiger partial charge in [-0.2, -0.15) is 0 Å². The van der Waals surface area contributed by atoms with E-state index in [1.807, 2.05) is 54.7 Å². The van der Waals surface area contributed by atoms with Crippen LogP contribution in [0.1, 0.15) is 21.5 Å². The zero-order valence-corrected chi connectivity index (χ0v) is 15.5. The van der Waals surface area contributed by atoms with Gasteiger partial charge in [0.05, 0.1) is 5.56 Å². The van der Waals surface area contributed by atoms with Crippen LogP contribution in [0, 0.1) is 10.9 Å². The Morgan fingerprint density at radius 3 is 2.14 bits per heavy atom. The first-order valence-corrected chi connectivity index (χ1v) is 9.03. The molecular formula is C23H18N4O2. The molecule has 0 aliphatic heterocycles. The number of nitrogens with one attached hydrogen (secondary N) is 2. The number of rotatable bonds is 5. The third kappa shape index (κ3) is 3.68. The van der Waals surface area contributed by atoms with E-state index in [4.69, 9.17) is 16.0 Å². The Kier molecular flexibility index (Phi) is 4.75. The van der Waals surface area contributed by atoms with Gasteiger partial charge >= 0.3 is 5.97 Å². The van der Waals surface area contributed by atoms with Crippen LogP contribution in [0.4, 0.5) is 0 Å². The molecule has 1 aromatic heterocycles. The van der Waals surface area contributed by atoms with E-state index in [1.54, 1.807) is 12.1 Å². The van der Waals surface area contributed by atoms with Crippen LogP contribution in [0.2, 0.25) is 0 Å². The first-order chi connectivity index (χ1) is 14.0. The zero-order valence-electron chi connectivity index (χ0n) is 15.5. The van der Waals surface area contributed by atoms with E-state index in [0.29, 0.717) is 12.1 Å².